The number of aliphatic hydroxyl groups is 1. The van der Waals surface area contributed by atoms with E-state index in [1.54, 1.807) is 0 Å². The summed E-state index contributed by atoms with van der Waals surface area (Å²) in [5, 5.41) is 10.9. The molecule has 0 saturated carbocycles. The second-order valence-corrected chi connectivity index (χ2v) is 14.5. The van der Waals surface area contributed by atoms with E-state index in [-0.39, 0.29) is 17.1 Å². The highest BCUT2D eigenvalue weighted by Crippen LogP contribution is 2.45. The number of benzene rings is 1. The van der Waals surface area contributed by atoms with Crippen molar-refractivity contribution in [3.63, 3.8) is 0 Å². The molecule has 0 saturated heterocycles. The van der Waals surface area contributed by atoms with Gasteiger partial charge in [0, 0.05) is 11.6 Å². The van der Waals surface area contributed by atoms with Gasteiger partial charge in [0.05, 0.1) is 6.61 Å². The molecule has 2 rings (SSSR count). The molecule has 1 atom stereocenters. The first-order valence-corrected chi connectivity index (χ1v) is 12.5. The van der Waals surface area contributed by atoms with Crippen LogP contribution in [-0.2, 0) is 4.43 Å². The van der Waals surface area contributed by atoms with Crippen molar-refractivity contribution < 1.29 is 9.53 Å². The van der Waals surface area contributed by atoms with Crippen LogP contribution in [0.25, 0.3) is 5.57 Å². The number of aliphatic hydroxyl groups excluding tert-OH is 1. The molecule has 0 aliphatic heterocycles. The van der Waals surface area contributed by atoms with Gasteiger partial charge in [0.2, 0.25) is 0 Å². The van der Waals surface area contributed by atoms with E-state index in [0.29, 0.717) is 0 Å². The Labute approximate surface area is 159 Å². The predicted octanol–water partition coefficient (Wildman–Crippen LogP) is 6.30. The Morgan fingerprint density at radius 3 is 2.32 bits per heavy atom. The van der Waals surface area contributed by atoms with Gasteiger partial charge in [-0.05, 0) is 71.7 Å². The van der Waals surface area contributed by atoms with Crippen LogP contribution in [0.1, 0.15) is 52.5 Å². The van der Waals surface area contributed by atoms with Gasteiger partial charge in [-0.1, -0.05) is 51.4 Å². The Hall–Kier alpha value is -0.613. The van der Waals surface area contributed by atoms with E-state index < -0.39 is 8.32 Å². The fourth-order valence-electron chi connectivity index (χ4n) is 3.16. The third kappa shape index (κ3) is 4.97. The van der Waals surface area contributed by atoms with E-state index in [9.17, 15) is 5.11 Å². The maximum atomic E-state index is 9.95. The Bertz CT molecular complexity index is 628. The van der Waals surface area contributed by atoms with Gasteiger partial charge >= 0.3 is 0 Å². The molecule has 140 valence electrons. The van der Waals surface area contributed by atoms with Gasteiger partial charge in [-0.2, -0.15) is 0 Å². The van der Waals surface area contributed by atoms with Crippen LogP contribution < -0.4 is 0 Å². The monoisotopic (exact) mass is 380 g/mol. The standard InChI is InChI=1S/C21H33ClO2Si/c1-20(2,3)25(5,6)24-15-21(4)12-11-19(17(13-21)14-23)16-7-9-18(22)10-8-16/h7-10,23H,11-15H2,1-6H3/t21-/m1/s1. The van der Waals surface area contributed by atoms with Crippen LogP contribution in [0, 0.1) is 5.41 Å². The molecular formula is C21H33ClO2Si. The summed E-state index contributed by atoms with van der Waals surface area (Å²) in [6, 6.07) is 7.96. The van der Waals surface area contributed by atoms with Crippen LogP contribution in [0.2, 0.25) is 23.2 Å². The molecule has 1 N–H and O–H groups in total. The second kappa shape index (κ2) is 7.56. The van der Waals surface area contributed by atoms with Crippen LogP contribution >= 0.6 is 11.6 Å². The average Bonchev–Trinajstić information content (AvgIpc) is 2.53. The minimum Gasteiger partial charge on any atom is -0.416 e. The fourth-order valence-corrected chi connectivity index (χ4v) is 4.43. The van der Waals surface area contributed by atoms with Crippen molar-refractivity contribution in [2.45, 2.75) is 65.1 Å². The van der Waals surface area contributed by atoms with Crippen molar-refractivity contribution in [1.82, 2.24) is 0 Å². The number of hydrogen-bond donors (Lipinski definition) is 1. The van der Waals surface area contributed by atoms with Crippen LogP contribution in [-0.4, -0.2) is 26.6 Å². The Kier molecular flexibility index (Phi) is 6.25. The third-order valence-electron chi connectivity index (χ3n) is 6.02. The molecule has 0 aromatic heterocycles. The highest BCUT2D eigenvalue weighted by Gasteiger charge is 2.40. The molecule has 1 aromatic carbocycles. The lowest BCUT2D eigenvalue weighted by atomic mass is 9.72. The minimum absolute atomic E-state index is 0.101. The van der Waals surface area contributed by atoms with Crippen molar-refractivity contribution in [2.24, 2.45) is 5.41 Å². The van der Waals surface area contributed by atoms with E-state index in [0.717, 1.165) is 36.5 Å². The quantitative estimate of drug-likeness (QED) is 0.607. The Morgan fingerprint density at radius 1 is 1.20 bits per heavy atom. The van der Waals surface area contributed by atoms with Gasteiger partial charge in [-0.15, -0.1) is 0 Å². The first kappa shape index (κ1) is 20.7. The first-order chi connectivity index (χ1) is 11.5. The Balaban J connectivity index is 2.15. The molecule has 0 unspecified atom stereocenters. The summed E-state index contributed by atoms with van der Waals surface area (Å²) in [4.78, 5) is 0. The number of allylic oxidation sites excluding steroid dienone is 1. The van der Waals surface area contributed by atoms with Gasteiger partial charge in [0.25, 0.3) is 0 Å². The molecule has 0 fully saturated rings. The number of rotatable bonds is 5. The molecule has 2 nitrogen and oxygen atoms in total. The maximum Gasteiger partial charge on any atom is 0.192 e. The maximum absolute atomic E-state index is 9.95. The number of hydrogen-bond acceptors (Lipinski definition) is 2. The molecule has 0 bridgehead atoms. The predicted molar refractivity (Wildman–Crippen MR) is 111 cm³/mol. The lowest BCUT2D eigenvalue weighted by Gasteiger charge is -2.42. The summed E-state index contributed by atoms with van der Waals surface area (Å²) in [7, 11) is -1.75. The molecule has 0 amide bonds. The van der Waals surface area contributed by atoms with Crippen molar-refractivity contribution >= 4 is 25.5 Å². The smallest absolute Gasteiger partial charge is 0.192 e. The van der Waals surface area contributed by atoms with E-state index in [2.05, 4.69) is 52.9 Å². The zero-order valence-electron chi connectivity index (χ0n) is 16.6. The van der Waals surface area contributed by atoms with Crippen LogP contribution in [0.4, 0.5) is 0 Å². The molecule has 0 spiro atoms. The lowest BCUT2D eigenvalue weighted by Crippen LogP contribution is -2.44. The molecule has 25 heavy (non-hydrogen) atoms. The van der Waals surface area contributed by atoms with E-state index in [1.807, 2.05) is 12.1 Å². The SMILES string of the molecule is CC(C)(C)[Si](C)(C)OC[C@]1(C)CCC(c2ccc(Cl)cc2)=C(CO)C1. The summed E-state index contributed by atoms with van der Waals surface area (Å²) in [5.74, 6) is 0. The highest BCUT2D eigenvalue weighted by atomic mass is 35.5. The average molecular weight is 381 g/mol. The molecule has 4 heteroatoms. The topological polar surface area (TPSA) is 29.5 Å². The first-order valence-electron chi connectivity index (χ1n) is 9.19. The van der Waals surface area contributed by atoms with Crippen molar-refractivity contribution in [1.29, 1.82) is 0 Å². The Morgan fingerprint density at radius 2 is 1.80 bits per heavy atom. The highest BCUT2D eigenvalue weighted by molar-refractivity contribution is 6.74. The second-order valence-electron chi connectivity index (χ2n) is 9.28. The molecular weight excluding hydrogens is 348 g/mol. The van der Waals surface area contributed by atoms with E-state index >= 15 is 0 Å². The van der Waals surface area contributed by atoms with E-state index in [1.165, 1.54) is 11.1 Å². The summed E-state index contributed by atoms with van der Waals surface area (Å²) >= 11 is 6.01. The van der Waals surface area contributed by atoms with E-state index in [4.69, 9.17) is 16.0 Å². The van der Waals surface area contributed by atoms with Gasteiger partial charge < -0.3 is 9.53 Å². The molecule has 1 aliphatic carbocycles. The normalized spacial score (nSPS) is 22.4. The van der Waals surface area contributed by atoms with Crippen LogP contribution in [0.5, 0.6) is 0 Å². The van der Waals surface area contributed by atoms with Gasteiger partial charge in [0.1, 0.15) is 0 Å². The lowest BCUT2D eigenvalue weighted by molar-refractivity contribution is 0.131. The van der Waals surface area contributed by atoms with Crippen molar-refractivity contribution in [2.75, 3.05) is 13.2 Å². The zero-order valence-corrected chi connectivity index (χ0v) is 18.3. The van der Waals surface area contributed by atoms with Crippen LogP contribution in [0.15, 0.2) is 29.8 Å². The van der Waals surface area contributed by atoms with Gasteiger partial charge in [-0.3, -0.25) is 0 Å². The fraction of sp³-hybridized carbons (Fsp3) is 0.619. The van der Waals surface area contributed by atoms with Gasteiger partial charge in [0.15, 0.2) is 8.32 Å². The molecule has 1 aliphatic rings. The number of halogens is 1. The summed E-state index contributed by atoms with van der Waals surface area (Å²) < 4.78 is 6.50. The summed E-state index contributed by atoms with van der Waals surface area (Å²) in [6.07, 6.45) is 2.97. The zero-order chi connectivity index (χ0) is 18.9. The molecule has 0 radical (unpaired) electrons. The molecule has 0 heterocycles. The largest absolute Gasteiger partial charge is 0.416 e. The molecule has 1 aromatic rings. The minimum atomic E-state index is -1.75. The third-order valence-corrected chi connectivity index (χ3v) is 10.7. The van der Waals surface area contributed by atoms with Crippen molar-refractivity contribution in [3.8, 4) is 0 Å². The van der Waals surface area contributed by atoms with Gasteiger partial charge in [-0.25, -0.2) is 0 Å². The van der Waals surface area contributed by atoms with Crippen molar-refractivity contribution in [3.05, 3.63) is 40.4 Å². The summed E-state index contributed by atoms with van der Waals surface area (Å²) in [6.45, 7) is 14.6. The van der Waals surface area contributed by atoms with Crippen LogP contribution in [0.3, 0.4) is 0 Å². The summed E-state index contributed by atoms with van der Waals surface area (Å²) in [5.41, 5.74) is 3.71.